The minimum Gasteiger partial charge on any atom is -0.325 e. The van der Waals surface area contributed by atoms with Crippen LogP contribution < -0.4 is 5.32 Å². The Bertz CT molecular complexity index is 971. The summed E-state index contributed by atoms with van der Waals surface area (Å²) in [4.78, 5) is 17.2. The summed E-state index contributed by atoms with van der Waals surface area (Å²) in [5, 5.41) is 5.72. The van der Waals surface area contributed by atoms with Crippen LogP contribution in [-0.2, 0) is 17.8 Å². The lowest BCUT2D eigenvalue weighted by Crippen LogP contribution is -2.48. The van der Waals surface area contributed by atoms with Crippen molar-refractivity contribution < 1.29 is 4.79 Å². The van der Waals surface area contributed by atoms with E-state index in [1.165, 1.54) is 21.9 Å². The maximum atomic E-state index is 12.5. The Morgan fingerprint density at radius 1 is 0.828 bits per heavy atom. The average molecular weight is 388 g/mol. The second kappa shape index (κ2) is 9.21. The summed E-state index contributed by atoms with van der Waals surface area (Å²) in [6.45, 7) is 7.36. The Morgan fingerprint density at radius 2 is 1.48 bits per heavy atom. The highest BCUT2D eigenvalue weighted by atomic mass is 16.2. The molecule has 4 rings (SSSR count). The van der Waals surface area contributed by atoms with Gasteiger partial charge >= 0.3 is 0 Å². The maximum Gasteiger partial charge on any atom is 0.238 e. The first kappa shape index (κ1) is 19.6. The highest BCUT2D eigenvalue weighted by molar-refractivity contribution is 5.93. The highest BCUT2D eigenvalue weighted by Gasteiger charge is 2.20. The predicted octanol–water partition coefficient (Wildman–Crippen LogP) is 4.16. The Kier molecular flexibility index (Phi) is 6.23. The van der Waals surface area contributed by atoms with E-state index in [0.29, 0.717) is 6.54 Å². The molecule has 0 aromatic heterocycles. The van der Waals surface area contributed by atoms with Crippen molar-refractivity contribution >= 4 is 22.4 Å². The van der Waals surface area contributed by atoms with Crippen molar-refractivity contribution in [1.82, 2.24) is 9.80 Å². The minimum atomic E-state index is 0.0772. The van der Waals surface area contributed by atoms with Gasteiger partial charge in [-0.2, -0.15) is 0 Å². The number of amides is 1. The zero-order valence-electron chi connectivity index (χ0n) is 17.1. The number of hydrogen-bond acceptors (Lipinski definition) is 3. The molecule has 1 heterocycles. The van der Waals surface area contributed by atoms with Gasteiger partial charge in [0.15, 0.2) is 0 Å². The van der Waals surface area contributed by atoms with Crippen molar-refractivity contribution in [1.29, 1.82) is 0 Å². The molecule has 4 nitrogen and oxygen atoms in total. The van der Waals surface area contributed by atoms with Crippen LogP contribution in [0.2, 0.25) is 0 Å². The van der Waals surface area contributed by atoms with Crippen LogP contribution in [0.1, 0.15) is 18.1 Å². The number of para-hydroxylation sites is 1. The molecule has 0 unspecified atom stereocenters. The van der Waals surface area contributed by atoms with E-state index >= 15 is 0 Å². The topological polar surface area (TPSA) is 35.6 Å². The number of anilines is 1. The first-order valence-electron chi connectivity index (χ1n) is 10.5. The van der Waals surface area contributed by atoms with E-state index < -0.39 is 0 Å². The summed E-state index contributed by atoms with van der Waals surface area (Å²) in [5.74, 6) is 0.0772. The van der Waals surface area contributed by atoms with Crippen molar-refractivity contribution in [3.63, 3.8) is 0 Å². The van der Waals surface area contributed by atoms with Gasteiger partial charge in [0.05, 0.1) is 6.54 Å². The summed E-state index contributed by atoms with van der Waals surface area (Å²) in [5.41, 5.74) is 3.50. The van der Waals surface area contributed by atoms with Crippen LogP contribution in [0.15, 0.2) is 66.7 Å². The molecule has 0 aliphatic carbocycles. The largest absolute Gasteiger partial charge is 0.325 e. The molecule has 1 aliphatic rings. The van der Waals surface area contributed by atoms with E-state index in [2.05, 4.69) is 70.6 Å². The van der Waals surface area contributed by atoms with Crippen LogP contribution in [0, 0.1) is 0 Å². The summed E-state index contributed by atoms with van der Waals surface area (Å²) >= 11 is 0. The smallest absolute Gasteiger partial charge is 0.238 e. The Labute approximate surface area is 173 Å². The van der Waals surface area contributed by atoms with E-state index in [4.69, 9.17) is 0 Å². The van der Waals surface area contributed by atoms with E-state index in [0.717, 1.165) is 44.8 Å². The molecule has 1 amide bonds. The molecule has 4 heteroatoms. The van der Waals surface area contributed by atoms with Gasteiger partial charge in [-0.05, 0) is 34.4 Å². The fourth-order valence-electron chi connectivity index (χ4n) is 4.12. The molecule has 3 aromatic carbocycles. The summed E-state index contributed by atoms with van der Waals surface area (Å²) in [6, 6.07) is 23.2. The highest BCUT2D eigenvalue weighted by Crippen LogP contribution is 2.21. The molecule has 1 N–H and O–H groups in total. The molecule has 0 saturated carbocycles. The summed E-state index contributed by atoms with van der Waals surface area (Å²) in [7, 11) is 0. The Hall–Kier alpha value is -2.69. The van der Waals surface area contributed by atoms with E-state index in [1.54, 1.807) is 0 Å². The number of piperazine rings is 1. The zero-order valence-corrected chi connectivity index (χ0v) is 17.1. The van der Waals surface area contributed by atoms with Gasteiger partial charge < -0.3 is 5.32 Å². The van der Waals surface area contributed by atoms with Gasteiger partial charge in [0.2, 0.25) is 5.91 Å². The Morgan fingerprint density at radius 3 is 2.31 bits per heavy atom. The maximum absolute atomic E-state index is 12.5. The van der Waals surface area contributed by atoms with Crippen molar-refractivity contribution in [3.05, 3.63) is 77.9 Å². The van der Waals surface area contributed by atoms with Crippen molar-refractivity contribution in [3.8, 4) is 0 Å². The SMILES string of the molecule is CCc1ccccc1NC(=O)CN1CCN(Cc2cccc3ccccc23)CC1. The number of aryl methyl sites for hydroxylation is 1. The average Bonchev–Trinajstić information content (AvgIpc) is 2.76. The first-order chi connectivity index (χ1) is 14.2. The summed E-state index contributed by atoms with van der Waals surface area (Å²) in [6.07, 6.45) is 0.920. The van der Waals surface area contributed by atoms with Gasteiger partial charge in [0.1, 0.15) is 0 Å². The fraction of sp³-hybridized carbons (Fsp3) is 0.320. The van der Waals surface area contributed by atoms with Gasteiger partial charge in [-0.25, -0.2) is 0 Å². The number of rotatable bonds is 6. The number of carbonyl (C=O) groups excluding carboxylic acids is 1. The lowest BCUT2D eigenvalue weighted by Gasteiger charge is -2.34. The molecule has 0 spiro atoms. The van der Waals surface area contributed by atoms with Crippen LogP contribution in [0.3, 0.4) is 0 Å². The van der Waals surface area contributed by atoms with Gasteiger partial charge in [-0.1, -0.05) is 67.6 Å². The lowest BCUT2D eigenvalue weighted by atomic mass is 10.0. The molecular formula is C25H29N3O. The molecule has 1 aliphatic heterocycles. The number of hydrogen-bond donors (Lipinski definition) is 1. The second-order valence-corrected chi connectivity index (χ2v) is 7.75. The van der Waals surface area contributed by atoms with Crippen LogP contribution in [-0.4, -0.2) is 48.4 Å². The van der Waals surface area contributed by atoms with Crippen LogP contribution in [0.4, 0.5) is 5.69 Å². The fourth-order valence-corrected chi connectivity index (χ4v) is 4.12. The molecule has 1 fully saturated rings. The second-order valence-electron chi connectivity index (χ2n) is 7.75. The number of nitrogens with one attached hydrogen (secondary N) is 1. The van der Waals surface area contributed by atoms with Crippen molar-refractivity contribution in [2.45, 2.75) is 19.9 Å². The number of fused-ring (bicyclic) bond motifs is 1. The normalized spacial score (nSPS) is 15.5. The standard InChI is InChI=1S/C25H29N3O/c1-2-20-8-4-6-13-24(20)26-25(29)19-28-16-14-27(15-17-28)18-22-11-7-10-21-9-3-5-12-23(21)22/h3-13H,2,14-19H2,1H3,(H,26,29). The molecule has 0 bridgehead atoms. The number of benzene rings is 3. The molecule has 29 heavy (non-hydrogen) atoms. The molecule has 150 valence electrons. The zero-order chi connectivity index (χ0) is 20.1. The molecule has 0 radical (unpaired) electrons. The predicted molar refractivity (Wildman–Crippen MR) is 120 cm³/mol. The van der Waals surface area contributed by atoms with Gasteiger partial charge in [0.25, 0.3) is 0 Å². The summed E-state index contributed by atoms with van der Waals surface area (Å²) < 4.78 is 0. The number of carbonyl (C=O) groups is 1. The van der Waals surface area contributed by atoms with Gasteiger partial charge in [0, 0.05) is 38.4 Å². The third-order valence-electron chi connectivity index (χ3n) is 5.78. The molecular weight excluding hydrogens is 358 g/mol. The minimum absolute atomic E-state index is 0.0772. The first-order valence-corrected chi connectivity index (χ1v) is 10.5. The van der Waals surface area contributed by atoms with Crippen LogP contribution in [0.5, 0.6) is 0 Å². The third-order valence-corrected chi connectivity index (χ3v) is 5.78. The lowest BCUT2D eigenvalue weighted by molar-refractivity contribution is -0.117. The Balaban J connectivity index is 1.30. The third kappa shape index (κ3) is 4.84. The molecule has 1 saturated heterocycles. The van der Waals surface area contributed by atoms with Crippen molar-refractivity contribution in [2.75, 3.05) is 38.0 Å². The van der Waals surface area contributed by atoms with E-state index in [1.807, 2.05) is 18.2 Å². The number of nitrogens with zero attached hydrogens (tertiary/aromatic N) is 2. The van der Waals surface area contributed by atoms with Gasteiger partial charge in [-0.15, -0.1) is 0 Å². The van der Waals surface area contributed by atoms with Crippen LogP contribution >= 0.6 is 0 Å². The van der Waals surface area contributed by atoms with E-state index in [-0.39, 0.29) is 5.91 Å². The van der Waals surface area contributed by atoms with Crippen LogP contribution in [0.25, 0.3) is 10.8 Å². The van der Waals surface area contributed by atoms with E-state index in [9.17, 15) is 4.79 Å². The molecule has 3 aromatic rings. The molecule has 0 atom stereocenters. The van der Waals surface area contributed by atoms with Crippen molar-refractivity contribution in [2.24, 2.45) is 0 Å². The van der Waals surface area contributed by atoms with Gasteiger partial charge in [-0.3, -0.25) is 14.6 Å². The quantitative estimate of drug-likeness (QED) is 0.690. The monoisotopic (exact) mass is 387 g/mol.